The molecule has 2 rings (SSSR count). The molecule has 2 aromatic rings. The summed E-state index contributed by atoms with van der Waals surface area (Å²) in [4.78, 5) is 16.0. The minimum Gasteiger partial charge on any atom is -0.320 e. The second kappa shape index (κ2) is 5.43. The predicted molar refractivity (Wildman–Crippen MR) is 76.0 cm³/mol. The second-order valence-corrected chi connectivity index (χ2v) is 4.91. The van der Waals surface area contributed by atoms with Crippen molar-refractivity contribution in [2.75, 3.05) is 5.32 Å². The van der Waals surface area contributed by atoms with Gasteiger partial charge in [-0.25, -0.2) is 4.39 Å². The van der Waals surface area contributed by atoms with Crippen LogP contribution < -0.4 is 5.32 Å². The van der Waals surface area contributed by atoms with Crippen molar-refractivity contribution in [1.29, 1.82) is 0 Å². The molecular formula is C13H10FIN2O. The van der Waals surface area contributed by atoms with E-state index in [-0.39, 0.29) is 11.7 Å². The molecule has 0 aliphatic rings. The Labute approximate surface area is 118 Å². The van der Waals surface area contributed by atoms with Crippen molar-refractivity contribution >= 4 is 34.2 Å². The highest BCUT2D eigenvalue weighted by Gasteiger charge is 2.11. The Balaban J connectivity index is 2.24. The van der Waals surface area contributed by atoms with E-state index >= 15 is 0 Å². The first-order valence-corrected chi connectivity index (χ1v) is 6.34. The lowest BCUT2D eigenvalue weighted by Gasteiger charge is -2.08. The number of nitrogens with zero attached hydrogens (tertiary/aromatic N) is 1. The topological polar surface area (TPSA) is 42.0 Å². The third-order valence-electron chi connectivity index (χ3n) is 2.40. The van der Waals surface area contributed by atoms with Crippen LogP contribution in [-0.2, 0) is 0 Å². The smallest absolute Gasteiger partial charge is 0.274 e. The molecular weight excluding hydrogens is 346 g/mol. The van der Waals surface area contributed by atoms with Gasteiger partial charge in [0.2, 0.25) is 0 Å². The molecule has 0 aliphatic heterocycles. The van der Waals surface area contributed by atoms with E-state index in [2.05, 4.69) is 10.3 Å². The number of hydrogen-bond acceptors (Lipinski definition) is 2. The van der Waals surface area contributed by atoms with E-state index in [0.717, 1.165) is 5.56 Å². The summed E-state index contributed by atoms with van der Waals surface area (Å²) in [6, 6.07) is 7.79. The summed E-state index contributed by atoms with van der Waals surface area (Å²) in [6.07, 6.45) is 1.57. The summed E-state index contributed by atoms with van der Waals surface area (Å²) < 4.78 is 13.6. The van der Waals surface area contributed by atoms with Gasteiger partial charge < -0.3 is 5.32 Å². The summed E-state index contributed by atoms with van der Waals surface area (Å²) in [7, 11) is 0. The van der Waals surface area contributed by atoms with E-state index in [4.69, 9.17) is 0 Å². The van der Waals surface area contributed by atoms with E-state index in [9.17, 15) is 9.18 Å². The number of aryl methyl sites for hydroxylation is 1. The second-order valence-electron chi connectivity index (χ2n) is 3.75. The quantitative estimate of drug-likeness (QED) is 0.839. The fraction of sp³-hybridized carbons (Fsp3) is 0.0769. The third kappa shape index (κ3) is 2.84. The Morgan fingerprint density at radius 1 is 1.39 bits per heavy atom. The first kappa shape index (κ1) is 12.9. The molecule has 3 nitrogen and oxygen atoms in total. The van der Waals surface area contributed by atoms with E-state index in [1.165, 1.54) is 18.2 Å². The van der Waals surface area contributed by atoms with Crippen molar-refractivity contribution in [3.63, 3.8) is 0 Å². The maximum atomic E-state index is 12.9. The van der Waals surface area contributed by atoms with Crippen molar-refractivity contribution in [3.8, 4) is 0 Å². The number of benzene rings is 1. The molecule has 0 spiro atoms. The molecule has 0 fully saturated rings. The lowest BCUT2D eigenvalue weighted by atomic mass is 10.2. The molecule has 0 saturated heterocycles. The fourth-order valence-corrected chi connectivity index (χ4v) is 2.11. The standard InChI is InChI=1S/C13H10FIN2O/c1-8-3-2-6-16-12(8)13(18)17-11-5-4-9(14)7-10(11)15/h2-7H,1H3,(H,17,18). The van der Waals surface area contributed by atoms with Crippen LogP contribution in [0, 0.1) is 16.3 Å². The maximum absolute atomic E-state index is 12.9. The molecule has 0 bridgehead atoms. The van der Waals surface area contributed by atoms with Crippen LogP contribution in [0.4, 0.5) is 10.1 Å². The average molecular weight is 356 g/mol. The number of rotatable bonds is 2. The Hall–Kier alpha value is -1.50. The number of carbonyl (C=O) groups is 1. The van der Waals surface area contributed by atoms with Gasteiger partial charge in [-0.2, -0.15) is 0 Å². The molecule has 1 aromatic heterocycles. The van der Waals surface area contributed by atoms with Gasteiger partial charge in [-0.15, -0.1) is 0 Å². The SMILES string of the molecule is Cc1cccnc1C(=O)Nc1ccc(F)cc1I. The van der Waals surface area contributed by atoms with Crippen molar-refractivity contribution in [3.05, 3.63) is 57.2 Å². The Bertz CT molecular complexity index is 601. The van der Waals surface area contributed by atoms with Crippen LogP contribution >= 0.6 is 22.6 Å². The largest absolute Gasteiger partial charge is 0.320 e. The number of pyridine rings is 1. The fourth-order valence-electron chi connectivity index (χ4n) is 1.50. The van der Waals surface area contributed by atoms with Crippen LogP contribution in [-0.4, -0.2) is 10.9 Å². The van der Waals surface area contributed by atoms with Gasteiger partial charge in [-0.05, 0) is 59.3 Å². The number of halogens is 2. The number of carbonyl (C=O) groups excluding carboxylic acids is 1. The molecule has 0 aliphatic carbocycles. The van der Waals surface area contributed by atoms with Gasteiger partial charge in [-0.3, -0.25) is 9.78 Å². The van der Waals surface area contributed by atoms with Crippen LogP contribution in [0.25, 0.3) is 0 Å². The van der Waals surface area contributed by atoms with Gasteiger partial charge in [0.05, 0.1) is 5.69 Å². The van der Waals surface area contributed by atoms with Gasteiger partial charge in [-0.1, -0.05) is 6.07 Å². The molecule has 1 heterocycles. The molecule has 0 unspecified atom stereocenters. The summed E-state index contributed by atoms with van der Waals surface area (Å²) in [5.41, 5.74) is 1.75. The Morgan fingerprint density at radius 3 is 2.83 bits per heavy atom. The minimum atomic E-state index is -0.327. The summed E-state index contributed by atoms with van der Waals surface area (Å²) in [5, 5.41) is 2.72. The van der Waals surface area contributed by atoms with Crippen LogP contribution in [0.5, 0.6) is 0 Å². The summed E-state index contributed by atoms with van der Waals surface area (Å²) in [5.74, 6) is -0.621. The average Bonchev–Trinajstić information content (AvgIpc) is 2.33. The number of anilines is 1. The number of nitrogens with one attached hydrogen (secondary N) is 1. The van der Waals surface area contributed by atoms with Crippen molar-refractivity contribution < 1.29 is 9.18 Å². The third-order valence-corrected chi connectivity index (χ3v) is 3.30. The molecule has 1 N–H and O–H groups in total. The zero-order valence-corrected chi connectivity index (χ0v) is 11.7. The van der Waals surface area contributed by atoms with Crippen LogP contribution in [0.15, 0.2) is 36.5 Å². The first-order chi connectivity index (χ1) is 8.58. The lowest BCUT2D eigenvalue weighted by Crippen LogP contribution is -2.15. The highest BCUT2D eigenvalue weighted by atomic mass is 127. The maximum Gasteiger partial charge on any atom is 0.274 e. The van der Waals surface area contributed by atoms with Gasteiger partial charge >= 0.3 is 0 Å². The summed E-state index contributed by atoms with van der Waals surface area (Å²) >= 11 is 1.97. The van der Waals surface area contributed by atoms with Gasteiger partial charge in [0.15, 0.2) is 0 Å². The Kier molecular flexibility index (Phi) is 3.90. The van der Waals surface area contributed by atoms with Gasteiger partial charge in [0.1, 0.15) is 11.5 Å². The molecule has 0 saturated carbocycles. The minimum absolute atomic E-state index is 0.294. The summed E-state index contributed by atoms with van der Waals surface area (Å²) in [6.45, 7) is 1.82. The zero-order valence-electron chi connectivity index (χ0n) is 9.58. The predicted octanol–water partition coefficient (Wildman–Crippen LogP) is 3.39. The zero-order chi connectivity index (χ0) is 13.1. The van der Waals surface area contributed by atoms with Crippen molar-refractivity contribution in [2.45, 2.75) is 6.92 Å². The number of aromatic nitrogens is 1. The molecule has 5 heteroatoms. The molecule has 92 valence electrons. The molecule has 1 aromatic carbocycles. The van der Waals surface area contributed by atoms with Crippen molar-refractivity contribution in [2.24, 2.45) is 0 Å². The monoisotopic (exact) mass is 356 g/mol. The Morgan fingerprint density at radius 2 is 2.17 bits per heavy atom. The number of hydrogen-bond donors (Lipinski definition) is 1. The van der Waals surface area contributed by atoms with E-state index < -0.39 is 0 Å². The van der Waals surface area contributed by atoms with Crippen LogP contribution in [0.2, 0.25) is 0 Å². The molecule has 18 heavy (non-hydrogen) atoms. The van der Waals surface area contributed by atoms with E-state index in [0.29, 0.717) is 15.0 Å². The van der Waals surface area contributed by atoms with Crippen LogP contribution in [0.3, 0.4) is 0 Å². The van der Waals surface area contributed by atoms with Gasteiger partial charge in [0.25, 0.3) is 5.91 Å². The van der Waals surface area contributed by atoms with E-state index in [1.807, 2.05) is 35.6 Å². The first-order valence-electron chi connectivity index (χ1n) is 5.26. The lowest BCUT2D eigenvalue weighted by molar-refractivity contribution is 0.102. The normalized spacial score (nSPS) is 10.2. The van der Waals surface area contributed by atoms with Gasteiger partial charge in [0, 0.05) is 9.77 Å². The van der Waals surface area contributed by atoms with E-state index in [1.54, 1.807) is 12.3 Å². The molecule has 0 atom stereocenters. The van der Waals surface area contributed by atoms with Crippen molar-refractivity contribution in [1.82, 2.24) is 4.98 Å². The number of amides is 1. The molecule has 0 radical (unpaired) electrons. The highest BCUT2D eigenvalue weighted by Crippen LogP contribution is 2.19. The molecule has 1 amide bonds. The van der Waals surface area contributed by atoms with Crippen LogP contribution in [0.1, 0.15) is 16.1 Å². The highest BCUT2D eigenvalue weighted by molar-refractivity contribution is 14.1.